The molecule has 1 fully saturated rings. The van der Waals surface area contributed by atoms with Crippen molar-refractivity contribution in [2.75, 3.05) is 18.0 Å². The number of halogens is 1. The molecule has 1 aromatic heterocycles. The minimum atomic E-state index is -0.881. The molecule has 1 aliphatic rings. The van der Waals surface area contributed by atoms with Crippen molar-refractivity contribution in [2.24, 2.45) is 0 Å². The highest BCUT2D eigenvalue weighted by Crippen LogP contribution is 2.38. The molecule has 4 nitrogen and oxygen atoms in total. The summed E-state index contributed by atoms with van der Waals surface area (Å²) < 4.78 is 0. The molecule has 25 heavy (non-hydrogen) atoms. The molecule has 0 bridgehead atoms. The van der Waals surface area contributed by atoms with E-state index in [2.05, 4.69) is 33.9 Å². The number of piperidine rings is 1. The van der Waals surface area contributed by atoms with E-state index in [4.69, 9.17) is 11.6 Å². The van der Waals surface area contributed by atoms with Gasteiger partial charge < -0.3 is 10.0 Å². The van der Waals surface area contributed by atoms with Gasteiger partial charge in [-0.3, -0.25) is 0 Å². The molecule has 0 atom stereocenters. The van der Waals surface area contributed by atoms with Crippen LogP contribution in [-0.4, -0.2) is 28.2 Å². The van der Waals surface area contributed by atoms with Crippen LogP contribution in [0.25, 0.3) is 10.9 Å². The summed E-state index contributed by atoms with van der Waals surface area (Å²) in [4.78, 5) is 11.2. The van der Waals surface area contributed by atoms with Gasteiger partial charge >= 0.3 is 0 Å². The Morgan fingerprint density at radius 3 is 2.56 bits per heavy atom. The standard InChI is InChI=1S/C20H20ClN3O/c1-14-5-4-6-15-18(14)22-13-23-19(15)24-11-9-20(25,10-12-24)16-7-2-3-8-17(16)21/h2-8,13,25H,9-12H2,1H3. The predicted octanol–water partition coefficient (Wildman–Crippen LogP) is 4.08. The van der Waals surface area contributed by atoms with E-state index in [1.54, 1.807) is 6.33 Å². The smallest absolute Gasteiger partial charge is 0.139 e. The second kappa shape index (κ2) is 6.28. The Balaban J connectivity index is 1.63. The number of anilines is 1. The van der Waals surface area contributed by atoms with Crippen LogP contribution in [0.15, 0.2) is 48.8 Å². The molecule has 3 aromatic rings. The van der Waals surface area contributed by atoms with Crippen LogP contribution in [0.5, 0.6) is 0 Å². The zero-order valence-electron chi connectivity index (χ0n) is 14.1. The van der Waals surface area contributed by atoms with Gasteiger partial charge in [0, 0.05) is 29.1 Å². The number of hydrogen-bond donors (Lipinski definition) is 1. The summed E-state index contributed by atoms with van der Waals surface area (Å²) in [5.41, 5.74) is 2.07. The lowest BCUT2D eigenvalue weighted by Gasteiger charge is -2.39. The quantitative estimate of drug-likeness (QED) is 0.754. The van der Waals surface area contributed by atoms with E-state index >= 15 is 0 Å². The molecular formula is C20H20ClN3O. The Morgan fingerprint density at radius 2 is 1.80 bits per heavy atom. The summed E-state index contributed by atoms with van der Waals surface area (Å²) in [5.74, 6) is 0.940. The van der Waals surface area contributed by atoms with Crippen LogP contribution in [0, 0.1) is 6.92 Å². The molecular weight excluding hydrogens is 334 g/mol. The Hall–Kier alpha value is -2.17. The molecule has 1 N–H and O–H groups in total. The summed E-state index contributed by atoms with van der Waals surface area (Å²) in [5, 5.41) is 12.8. The topological polar surface area (TPSA) is 49.2 Å². The fourth-order valence-electron chi connectivity index (χ4n) is 3.67. The SMILES string of the molecule is Cc1cccc2c(N3CCC(O)(c4ccccc4Cl)CC3)ncnc12. The van der Waals surface area contributed by atoms with E-state index in [0.717, 1.165) is 40.9 Å². The molecule has 2 aromatic carbocycles. The average Bonchev–Trinajstić information content (AvgIpc) is 2.63. The molecule has 5 heteroatoms. The normalized spacial score (nSPS) is 17.0. The third kappa shape index (κ3) is 2.86. The molecule has 128 valence electrons. The number of aromatic nitrogens is 2. The van der Waals surface area contributed by atoms with Gasteiger partial charge in [0.2, 0.25) is 0 Å². The lowest BCUT2D eigenvalue weighted by Crippen LogP contribution is -2.43. The summed E-state index contributed by atoms with van der Waals surface area (Å²) in [7, 11) is 0. The third-order valence-corrected chi connectivity index (χ3v) is 5.44. The van der Waals surface area contributed by atoms with Crippen molar-refractivity contribution < 1.29 is 5.11 Å². The van der Waals surface area contributed by atoms with Gasteiger partial charge in [0.05, 0.1) is 11.1 Å². The van der Waals surface area contributed by atoms with Gasteiger partial charge in [0.1, 0.15) is 12.1 Å². The maximum absolute atomic E-state index is 11.1. The molecule has 0 radical (unpaired) electrons. The molecule has 4 rings (SSSR count). The van der Waals surface area contributed by atoms with Crippen molar-refractivity contribution in [1.82, 2.24) is 9.97 Å². The maximum Gasteiger partial charge on any atom is 0.139 e. The minimum Gasteiger partial charge on any atom is -0.385 e. The fourth-order valence-corrected chi connectivity index (χ4v) is 3.98. The van der Waals surface area contributed by atoms with Crippen molar-refractivity contribution in [3.05, 3.63) is 64.9 Å². The second-order valence-electron chi connectivity index (χ2n) is 6.67. The van der Waals surface area contributed by atoms with Gasteiger partial charge in [-0.2, -0.15) is 0 Å². The first-order valence-electron chi connectivity index (χ1n) is 8.51. The summed E-state index contributed by atoms with van der Waals surface area (Å²) in [6.07, 6.45) is 2.86. The number of nitrogens with zero attached hydrogens (tertiary/aromatic N) is 3. The number of aryl methyl sites for hydroxylation is 1. The number of benzene rings is 2. The number of para-hydroxylation sites is 1. The number of rotatable bonds is 2. The Morgan fingerprint density at radius 1 is 1.04 bits per heavy atom. The maximum atomic E-state index is 11.1. The largest absolute Gasteiger partial charge is 0.385 e. The first kappa shape index (κ1) is 16.3. The van der Waals surface area contributed by atoms with E-state index < -0.39 is 5.60 Å². The minimum absolute atomic E-state index is 0.619. The average molecular weight is 354 g/mol. The Bertz CT molecular complexity index is 920. The Labute approximate surface area is 152 Å². The Kier molecular flexibility index (Phi) is 4.10. The van der Waals surface area contributed by atoms with Gasteiger partial charge in [0.25, 0.3) is 0 Å². The number of fused-ring (bicyclic) bond motifs is 1. The van der Waals surface area contributed by atoms with Crippen molar-refractivity contribution in [1.29, 1.82) is 0 Å². The molecule has 0 saturated carbocycles. The van der Waals surface area contributed by atoms with Crippen molar-refractivity contribution in [3.63, 3.8) is 0 Å². The molecule has 0 unspecified atom stereocenters. The van der Waals surface area contributed by atoms with Crippen molar-refractivity contribution in [3.8, 4) is 0 Å². The van der Waals surface area contributed by atoms with Crippen molar-refractivity contribution in [2.45, 2.75) is 25.4 Å². The molecule has 1 saturated heterocycles. The molecule has 0 amide bonds. The van der Waals surface area contributed by atoms with Gasteiger partial charge in [-0.25, -0.2) is 9.97 Å². The van der Waals surface area contributed by atoms with Crippen LogP contribution in [-0.2, 0) is 5.60 Å². The van der Waals surface area contributed by atoms with E-state index in [-0.39, 0.29) is 0 Å². The second-order valence-corrected chi connectivity index (χ2v) is 7.07. The van der Waals surface area contributed by atoms with E-state index in [0.29, 0.717) is 17.9 Å². The lowest BCUT2D eigenvalue weighted by molar-refractivity contribution is 0.0118. The first-order valence-corrected chi connectivity index (χ1v) is 8.89. The molecule has 0 spiro atoms. The van der Waals surface area contributed by atoms with Crippen LogP contribution in [0.4, 0.5) is 5.82 Å². The van der Waals surface area contributed by atoms with E-state index in [1.165, 1.54) is 0 Å². The molecule has 0 aliphatic carbocycles. The van der Waals surface area contributed by atoms with E-state index in [1.807, 2.05) is 30.3 Å². The van der Waals surface area contributed by atoms with Gasteiger partial charge in [0.15, 0.2) is 0 Å². The first-order chi connectivity index (χ1) is 12.1. The van der Waals surface area contributed by atoms with Crippen LogP contribution >= 0.6 is 11.6 Å². The van der Waals surface area contributed by atoms with Gasteiger partial charge in [-0.05, 0) is 37.5 Å². The van der Waals surface area contributed by atoms with Crippen LogP contribution in [0.1, 0.15) is 24.0 Å². The lowest BCUT2D eigenvalue weighted by atomic mass is 9.84. The van der Waals surface area contributed by atoms with Crippen LogP contribution in [0.3, 0.4) is 0 Å². The summed E-state index contributed by atoms with van der Waals surface area (Å²) in [6, 6.07) is 13.7. The summed E-state index contributed by atoms with van der Waals surface area (Å²) in [6.45, 7) is 3.51. The highest BCUT2D eigenvalue weighted by Gasteiger charge is 2.36. The zero-order valence-corrected chi connectivity index (χ0v) is 14.9. The number of aliphatic hydroxyl groups is 1. The van der Waals surface area contributed by atoms with E-state index in [9.17, 15) is 5.11 Å². The monoisotopic (exact) mass is 353 g/mol. The summed E-state index contributed by atoms with van der Waals surface area (Å²) >= 11 is 6.30. The molecule has 2 heterocycles. The van der Waals surface area contributed by atoms with Crippen molar-refractivity contribution >= 4 is 28.3 Å². The van der Waals surface area contributed by atoms with Crippen LogP contribution in [0.2, 0.25) is 5.02 Å². The zero-order chi connectivity index (χ0) is 17.4. The van der Waals surface area contributed by atoms with Crippen LogP contribution < -0.4 is 4.90 Å². The van der Waals surface area contributed by atoms with Gasteiger partial charge in [-0.15, -0.1) is 0 Å². The predicted molar refractivity (Wildman–Crippen MR) is 101 cm³/mol. The third-order valence-electron chi connectivity index (χ3n) is 5.11. The molecule has 1 aliphatic heterocycles. The van der Waals surface area contributed by atoms with Gasteiger partial charge in [-0.1, -0.05) is 41.9 Å². The highest BCUT2D eigenvalue weighted by molar-refractivity contribution is 6.31. The highest BCUT2D eigenvalue weighted by atomic mass is 35.5. The number of hydrogen-bond acceptors (Lipinski definition) is 4. The fraction of sp³-hybridized carbons (Fsp3) is 0.300.